The van der Waals surface area contributed by atoms with Gasteiger partial charge in [0.1, 0.15) is 11.5 Å². The quantitative estimate of drug-likeness (QED) is 0.677. The molecule has 0 saturated carbocycles. The smallest absolute Gasteiger partial charge is 0.371 e. The molecule has 1 heterocycles. The van der Waals surface area contributed by atoms with Gasteiger partial charge in [-0.05, 0) is 42.8 Å². The number of furan rings is 1. The number of Topliss-reactive ketones (excluding diaryl/α,β-unsaturated/α-hetero) is 1. The highest BCUT2D eigenvalue weighted by atomic mass is 16.5. The number of aromatic carboxylic acids is 1. The van der Waals surface area contributed by atoms with Crippen LogP contribution in [-0.4, -0.2) is 29.9 Å². The first kappa shape index (κ1) is 18.3. The van der Waals surface area contributed by atoms with E-state index >= 15 is 0 Å². The number of carboxylic acid groups (broad SMARTS) is 1. The second kappa shape index (κ2) is 8.68. The van der Waals surface area contributed by atoms with E-state index in [1.54, 1.807) is 31.4 Å². The van der Waals surface area contributed by atoms with E-state index < -0.39 is 5.97 Å². The maximum atomic E-state index is 12.0. The molecule has 0 bridgehead atoms. The molecular weight excluding hydrogens is 326 g/mol. The number of carbonyl (C=O) groups excluding carboxylic acids is 2. The first-order valence-corrected chi connectivity index (χ1v) is 7.75. The van der Waals surface area contributed by atoms with Crippen LogP contribution < -0.4 is 10.1 Å². The second-order valence-electron chi connectivity index (χ2n) is 5.35. The molecular formula is C18H19NO6. The van der Waals surface area contributed by atoms with E-state index in [4.69, 9.17) is 14.3 Å². The Hall–Kier alpha value is -3.09. The van der Waals surface area contributed by atoms with E-state index in [9.17, 15) is 14.4 Å². The fourth-order valence-corrected chi connectivity index (χ4v) is 2.19. The number of ketones is 1. The molecule has 7 nitrogen and oxygen atoms in total. The van der Waals surface area contributed by atoms with Gasteiger partial charge < -0.3 is 19.6 Å². The average Bonchev–Trinajstić information content (AvgIpc) is 3.09. The number of benzene rings is 1. The number of rotatable bonds is 9. The summed E-state index contributed by atoms with van der Waals surface area (Å²) in [4.78, 5) is 34.5. The molecule has 0 spiro atoms. The van der Waals surface area contributed by atoms with Gasteiger partial charge in [0.2, 0.25) is 11.7 Å². The Balaban J connectivity index is 1.70. The van der Waals surface area contributed by atoms with Gasteiger partial charge in [-0.1, -0.05) is 0 Å². The number of carboxylic acids is 1. The van der Waals surface area contributed by atoms with Crippen LogP contribution in [0.2, 0.25) is 0 Å². The van der Waals surface area contributed by atoms with Crippen molar-refractivity contribution in [2.75, 3.05) is 7.11 Å². The Morgan fingerprint density at radius 1 is 1.08 bits per heavy atom. The Morgan fingerprint density at radius 2 is 1.80 bits per heavy atom. The minimum absolute atomic E-state index is 0.0346. The molecule has 1 aromatic heterocycles. The molecule has 2 rings (SSSR count). The van der Waals surface area contributed by atoms with Crippen LogP contribution in [0.4, 0.5) is 0 Å². The van der Waals surface area contributed by atoms with Crippen molar-refractivity contribution in [3.63, 3.8) is 0 Å². The van der Waals surface area contributed by atoms with Gasteiger partial charge >= 0.3 is 5.97 Å². The van der Waals surface area contributed by atoms with Crippen molar-refractivity contribution in [3.05, 3.63) is 53.5 Å². The maximum absolute atomic E-state index is 12.0. The summed E-state index contributed by atoms with van der Waals surface area (Å²) < 4.78 is 10.1. The molecule has 0 aliphatic heterocycles. The van der Waals surface area contributed by atoms with E-state index in [1.165, 1.54) is 12.1 Å². The van der Waals surface area contributed by atoms with Crippen molar-refractivity contribution in [1.82, 2.24) is 5.32 Å². The molecule has 0 aliphatic carbocycles. The van der Waals surface area contributed by atoms with E-state index in [1.807, 2.05) is 0 Å². The number of nitrogens with one attached hydrogen (secondary N) is 1. The normalized spacial score (nSPS) is 10.3. The summed E-state index contributed by atoms with van der Waals surface area (Å²) in [6.45, 7) is 0.110. The van der Waals surface area contributed by atoms with E-state index in [-0.39, 0.29) is 36.8 Å². The van der Waals surface area contributed by atoms with Crippen molar-refractivity contribution in [2.45, 2.75) is 25.8 Å². The Labute approximate surface area is 144 Å². The Bertz CT molecular complexity index is 747. The average molecular weight is 345 g/mol. The molecule has 0 radical (unpaired) electrons. The fraction of sp³-hybridized carbons (Fsp3) is 0.278. The zero-order valence-electron chi connectivity index (χ0n) is 13.8. The molecule has 1 aromatic carbocycles. The third kappa shape index (κ3) is 5.49. The van der Waals surface area contributed by atoms with Crippen LogP contribution in [0.15, 0.2) is 40.8 Å². The molecule has 2 aromatic rings. The molecule has 0 atom stereocenters. The zero-order valence-corrected chi connectivity index (χ0v) is 13.8. The van der Waals surface area contributed by atoms with Crippen molar-refractivity contribution < 1.29 is 28.6 Å². The van der Waals surface area contributed by atoms with Crippen molar-refractivity contribution >= 4 is 17.7 Å². The molecule has 7 heteroatoms. The third-order valence-corrected chi connectivity index (χ3v) is 3.55. The van der Waals surface area contributed by atoms with Crippen LogP contribution in [0.1, 0.15) is 45.9 Å². The number of methoxy groups -OCH3 is 1. The van der Waals surface area contributed by atoms with Crippen LogP contribution in [0.25, 0.3) is 0 Å². The van der Waals surface area contributed by atoms with E-state index in [2.05, 4.69) is 5.32 Å². The predicted octanol–water partition coefficient (Wildman–Crippen LogP) is 2.66. The summed E-state index contributed by atoms with van der Waals surface area (Å²) in [5, 5.41) is 11.4. The fourth-order valence-electron chi connectivity index (χ4n) is 2.19. The lowest BCUT2D eigenvalue weighted by molar-refractivity contribution is -0.121. The maximum Gasteiger partial charge on any atom is 0.371 e. The molecule has 2 N–H and O–H groups in total. The molecule has 0 unspecified atom stereocenters. The lowest BCUT2D eigenvalue weighted by Crippen LogP contribution is -2.22. The third-order valence-electron chi connectivity index (χ3n) is 3.55. The minimum atomic E-state index is -1.16. The van der Waals surface area contributed by atoms with Crippen LogP contribution in [0, 0.1) is 0 Å². The predicted molar refractivity (Wildman–Crippen MR) is 88.7 cm³/mol. The first-order valence-electron chi connectivity index (χ1n) is 7.75. The van der Waals surface area contributed by atoms with Gasteiger partial charge in [-0.15, -0.1) is 0 Å². The van der Waals surface area contributed by atoms with Crippen LogP contribution in [-0.2, 0) is 11.3 Å². The molecule has 0 saturated heterocycles. The summed E-state index contributed by atoms with van der Waals surface area (Å²) in [6.07, 6.45) is 0.896. The topological polar surface area (TPSA) is 106 Å². The lowest BCUT2D eigenvalue weighted by atomic mass is 10.1. The Kier molecular flexibility index (Phi) is 6.33. The SMILES string of the molecule is COc1ccc(C(=O)CCCC(=O)NCc2ccc(C(=O)O)o2)cc1. The summed E-state index contributed by atoms with van der Waals surface area (Å²) in [5.74, 6) is -0.549. The summed E-state index contributed by atoms with van der Waals surface area (Å²) in [7, 11) is 1.56. The van der Waals surface area contributed by atoms with E-state index in [0.717, 1.165) is 0 Å². The van der Waals surface area contributed by atoms with Crippen LogP contribution in [0.3, 0.4) is 0 Å². The number of amides is 1. The van der Waals surface area contributed by atoms with Gasteiger partial charge in [-0.3, -0.25) is 9.59 Å². The highest BCUT2D eigenvalue weighted by Crippen LogP contribution is 2.14. The van der Waals surface area contributed by atoms with Gasteiger partial charge in [0, 0.05) is 18.4 Å². The van der Waals surface area contributed by atoms with E-state index in [0.29, 0.717) is 23.5 Å². The zero-order chi connectivity index (χ0) is 18.2. The number of hydrogen-bond donors (Lipinski definition) is 2. The molecule has 0 aliphatic rings. The van der Waals surface area contributed by atoms with Gasteiger partial charge in [0.15, 0.2) is 5.78 Å². The highest BCUT2D eigenvalue weighted by Gasteiger charge is 2.11. The summed E-state index contributed by atoms with van der Waals surface area (Å²) >= 11 is 0. The standard InChI is InChI=1S/C18H19NO6/c1-24-13-7-5-12(6-8-13)15(20)3-2-4-17(21)19-11-14-9-10-16(25-14)18(22)23/h5-10H,2-4,11H2,1H3,(H,19,21)(H,22,23). The van der Waals surface area contributed by atoms with Gasteiger partial charge in [0.25, 0.3) is 0 Å². The first-order chi connectivity index (χ1) is 12.0. The Morgan fingerprint density at radius 3 is 2.40 bits per heavy atom. The monoisotopic (exact) mass is 345 g/mol. The number of ether oxygens (including phenoxy) is 1. The lowest BCUT2D eigenvalue weighted by Gasteiger charge is -2.04. The van der Waals surface area contributed by atoms with Crippen molar-refractivity contribution in [3.8, 4) is 5.75 Å². The van der Waals surface area contributed by atoms with Gasteiger partial charge in [-0.25, -0.2) is 4.79 Å². The minimum Gasteiger partial charge on any atom is -0.497 e. The second-order valence-corrected chi connectivity index (χ2v) is 5.35. The van der Waals surface area contributed by atoms with Gasteiger partial charge in [0.05, 0.1) is 13.7 Å². The van der Waals surface area contributed by atoms with Crippen molar-refractivity contribution in [2.24, 2.45) is 0 Å². The molecule has 0 fully saturated rings. The molecule has 132 valence electrons. The van der Waals surface area contributed by atoms with Gasteiger partial charge in [-0.2, -0.15) is 0 Å². The molecule has 25 heavy (non-hydrogen) atoms. The van der Waals surface area contributed by atoms with Crippen LogP contribution in [0.5, 0.6) is 5.75 Å². The van der Waals surface area contributed by atoms with Crippen LogP contribution >= 0.6 is 0 Å². The highest BCUT2D eigenvalue weighted by molar-refractivity contribution is 5.96. The number of carbonyl (C=O) groups is 3. The summed E-state index contributed by atoms with van der Waals surface area (Å²) in [5.41, 5.74) is 0.581. The summed E-state index contributed by atoms with van der Waals surface area (Å²) in [6, 6.07) is 9.65. The van der Waals surface area contributed by atoms with Crippen molar-refractivity contribution in [1.29, 1.82) is 0 Å². The molecule has 1 amide bonds. The largest absolute Gasteiger partial charge is 0.497 e. The number of hydrogen-bond acceptors (Lipinski definition) is 5.